The normalized spacial score (nSPS) is 14.2. The smallest absolute Gasteiger partial charge is 0.412 e. The van der Waals surface area contributed by atoms with E-state index in [0.29, 0.717) is 11.4 Å². The number of anilines is 2. The number of hydrogen-bond donors (Lipinski definition) is 2. The van der Waals surface area contributed by atoms with Crippen molar-refractivity contribution in [3.8, 4) is 0 Å². The molecule has 18 heavy (non-hydrogen) atoms. The maximum Gasteiger partial charge on any atom is 0.412 e. The van der Waals surface area contributed by atoms with Crippen molar-refractivity contribution in [1.29, 1.82) is 0 Å². The zero-order valence-corrected chi connectivity index (χ0v) is 11.2. The average Bonchev–Trinajstić information content (AvgIpc) is 2.62. The largest absolute Gasteiger partial charge is 0.444 e. The molecule has 1 amide bonds. The summed E-state index contributed by atoms with van der Waals surface area (Å²) in [5, 5.41) is 2.71. The van der Waals surface area contributed by atoms with E-state index in [9.17, 15) is 4.79 Å². The van der Waals surface area contributed by atoms with E-state index >= 15 is 0 Å². The third-order valence-electron chi connectivity index (χ3n) is 2.90. The molecule has 4 nitrogen and oxygen atoms in total. The summed E-state index contributed by atoms with van der Waals surface area (Å²) in [5.41, 5.74) is 9.24. The summed E-state index contributed by atoms with van der Waals surface area (Å²) in [5.74, 6) is 0. The number of fused-ring (bicyclic) bond motifs is 1. The molecule has 3 N–H and O–H groups in total. The highest BCUT2D eigenvalue weighted by Gasteiger charge is 2.18. The molecule has 0 atom stereocenters. The van der Waals surface area contributed by atoms with Gasteiger partial charge in [0.05, 0.1) is 11.4 Å². The molecule has 4 heteroatoms. The van der Waals surface area contributed by atoms with E-state index in [1.54, 1.807) is 0 Å². The van der Waals surface area contributed by atoms with Crippen LogP contribution in [-0.4, -0.2) is 11.7 Å². The number of carbonyl (C=O) groups excluding carboxylic acids is 1. The van der Waals surface area contributed by atoms with Gasteiger partial charge in [-0.2, -0.15) is 0 Å². The van der Waals surface area contributed by atoms with Crippen molar-refractivity contribution >= 4 is 17.5 Å². The van der Waals surface area contributed by atoms with Crippen LogP contribution in [0.3, 0.4) is 0 Å². The number of rotatable bonds is 1. The van der Waals surface area contributed by atoms with Gasteiger partial charge < -0.3 is 10.5 Å². The second kappa shape index (κ2) is 4.52. The molecular formula is C14H20N2O2. The first kappa shape index (κ1) is 12.7. The molecule has 0 saturated carbocycles. The predicted octanol–water partition coefficient (Wildman–Crippen LogP) is 3.10. The second-order valence-corrected chi connectivity index (χ2v) is 5.69. The van der Waals surface area contributed by atoms with Gasteiger partial charge in [-0.3, -0.25) is 5.32 Å². The number of hydrogen-bond acceptors (Lipinski definition) is 3. The van der Waals surface area contributed by atoms with Crippen molar-refractivity contribution in [3.05, 3.63) is 23.3 Å². The standard InChI is InChI=1S/C14H20N2O2/c1-14(2,3)18-13(17)16-12-8-10-6-4-5-9(10)7-11(12)15/h7-8H,4-6,15H2,1-3H3,(H,16,17). The van der Waals surface area contributed by atoms with Crippen molar-refractivity contribution in [1.82, 2.24) is 0 Å². The van der Waals surface area contributed by atoms with Gasteiger partial charge in [-0.15, -0.1) is 0 Å². The predicted molar refractivity (Wildman–Crippen MR) is 72.7 cm³/mol. The molecule has 0 saturated heterocycles. The Bertz CT molecular complexity index is 475. The van der Waals surface area contributed by atoms with Crippen LogP contribution in [0.2, 0.25) is 0 Å². The Kier molecular flexibility index (Phi) is 3.20. The van der Waals surface area contributed by atoms with Crippen LogP contribution in [0.1, 0.15) is 38.3 Å². The van der Waals surface area contributed by atoms with E-state index < -0.39 is 11.7 Å². The zero-order chi connectivity index (χ0) is 13.3. The molecule has 0 radical (unpaired) electrons. The van der Waals surface area contributed by atoms with Crippen LogP contribution in [0.25, 0.3) is 0 Å². The number of nitrogens with two attached hydrogens (primary N) is 1. The van der Waals surface area contributed by atoms with Gasteiger partial charge in [0, 0.05) is 0 Å². The van der Waals surface area contributed by atoms with Crippen molar-refractivity contribution < 1.29 is 9.53 Å². The maximum atomic E-state index is 11.7. The summed E-state index contributed by atoms with van der Waals surface area (Å²) >= 11 is 0. The SMILES string of the molecule is CC(C)(C)OC(=O)Nc1cc2c(cc1N)CCC2. The lowest BCUT2D eigenvalue weighted by Gasteiger charge is -2.20. The summed E-state index contributed by atoms with van der Waals surface area (Å²) in [6.45, 7) is 5.50. The van der Waals surface area contributed by atoms with Crippen LogP contribution < -0.4 is 11.1 Å². The highest BCUT2D eigenvalue weighted by Crippen LogP contribution is 2.30. The minimum absolute atomic E-state index is 0.466. The molecule has 2 rings (SSSR count). The highest BCUT2D eigenvalue weighted by molar-refractivity contribution is 5.89. The lowest BCUT2D eigenvalue weighted by Crippen LogP contribution is -2.27. The van der Waals surface area contributed by atoms with E-state index in [1.165, 1.54) is 11.1 Å². The number of ether oxygens (including phenoxy) is 1. The first-order valence-corrected chi connectivity index (χ1v) is 6.26. The second-order valence-electron chi connectivity index (χ2n) is 5.69. The number of amides is 1. The molecule has 98 valence electrons. The van der Waals surface area contributed by atoms with Gasteiger partial charge in [-0.25, -0.2) is 4.79 Å². The van der Waals surface area contributed by atoms with Gasteiger partial charge in [0.1, 0.15) is 5.60 Å². The minimum atomic E-state index is -0.504. The van der Waals surface area contributed by atoms with Gasteiger partial charge in [0.2, 0.25) is 0 Å². The molecule has 0 unspecified atom stereocenters. The van der Waals surface area contributed by atoms with E-state index in [4.69, 9.17) is 10.5 Å². The third kappa shape index (κ3) is 2.94. The fourth-order valence-corrected chi connectivity index (χ4v) is 2.16. The monoisotopic (exact) mass is 248 g/mol. The Labute approximate surface area is 108 Å². The quantitative estimate of drug-likeness (QED) is 0.750. The highest BCUT2D eigenvalue weighted by atomic mass is 16.6. The van der Waals surface area contributed by atoms with Crippen molar-refractivity contribution in [3.63, 3.8) is 0 Å². The van der Waals surface area contributed by atoms with Crippen molar-refractivity contribution in [2.45, 2.75) is 45.6 Å². The number of nitrogens with one attached hydrogen (secondary N) is 1. The minimum Gasteiger partial charge on any atom is -0.444 e. The maximum absolute atomic E-state index is 11.7. The third-order valence-corrected chi connectivity index (χ3v) is 2.90. The Morgan fingerprint density at radius 1 is 1.28 bits per heavy atom. The molecule has 0 aliphatic heterocycles. The van der Waals surface area contributed by atoms with Gasteiger partial charge >= 0.3 is 6.09 Å². The lowest BCUT2D eigenvalue weighted by molar-refractivity contribution is 0.0636. The summed E-state index contributed by atoms with van der Waals surface area (Å²) < 4.78 is 5.21. The molecule has 0 fully saturated rings. The molecule has 1 aliphatic carbocycles. The fraction of sp³-hybridized carbons (Fsp3) is 0.500. The Morgan fingerprint density at radius 3 is 2.50 bits per heavy atom. The molecular weight excluding hydrogens is 228 g/mol. The van der Waals surface area contributed by atoms with Gasteiger partial charge in [0.15, 0.2) is 0 Å². The first-order valence-electron chi connectivity index (χ1n) is 6.26. The summed E-state index contributed by atoms with van der Waals surface area (Å²) in [6, 6.07) is 3.91. The number of aryl methyl sites for hydroxylation is 2. The van der Waals surface area contributed by atoms with Gasteiger partial charge in [-0.1, -0.05) is 0 Å². The van der Waals surface area contributed by atoms with Crippen LogP contribution >= 0.6 is 0 Å². The Hall–Kier alpha value is -1.71. The lowest BCUT2D eigenvalue weighted by atomic mass is 10.1. The molecule has 1 aromatic carbocycles. The molecule has 1 aromatic rings. The summed E-state index contributed by atoms with van der Waals surface area (Å²) in [6.07, 6.45) is 2.82. The van der Waals surface area contributed by atoms with Crippen LogP contribution in [-0.2, 0) is 17.6 Å². The Balaban J connectivity index is 2.12. The fourth-order valence-electron chi connectivity index (χ4n) is 2.16. The topological polar surface area (TPSA) is 64.3 Å². The molecule has 0 spiro atoms. The van der Waals surface area contributed by atoms with E-state index in [-0.39, 0.29) is 0 Å². The summed E-state index contributed by atoms with van der Waals surface area (Å²) in [7, 11) is 0. The molecule has 1 aliphatic rings. The van der Waals surface area contributed by atoms with Crippen molar-refractivity contribution in [2.75, 3.05) is 11.1 Å². The van der Waals surface area contributed by atoms with Crippen LogP contribution in [0.15, 0.2) is 12.1 Å². The Morgan fingerprint density at radius 2 is 1.89 bits per heavy atom. The van der Waals surface area contributed by atoms with E-state index in [1.807, 2.05) is 32.9 Å². The zero-order valence-electron chi connectivity index (χ0n) is 11.2. The summed E-state index contributed by atoms with van der Waals surface area (Å²) in [4.78, 5) is 11.7. The van der Waals surface area contributed by atoms with Gasteiger partial charge in [0.25, 0.3) is 0 Å². The van der Waals surface area contributed by atoms with Crippen LogP contribution in [0, 0.1) is 0 Å². The van der Waals surface area contributed by atoms with Crippen LogP contribution in [0.4, 0.5) is 16.2 Å². The van der Waals surface area contributed by atoms with Crippen LogP contribution in [0.5, 0.6) is 0 Å². The van der Waals surface area contributed by atoms with E-state index in [0.717, 1.165) is 19.3 Å². The molecule has 0 bridgehead atoms. The first-order chi connectivity index (χ1) is 8.35. The molecule has 0 heterocycles. The average molecular weight is 248 g/mol. The van der Waals surface area contributed by atoms with Gasteiger partial charge in [-0.05, 0) is 63.3 Å². The van der Waals surface area contributed by atoms with E-state index in [2.05, 4.69) is 5.32 Å². The number of nitrogen functional groups attached to an aromatic ring is 1. The number of carbonyl (C=O) groups is 1. The number of benzene rings is 1. The van der Waals surface area contributed by atoms with Crippen molar-refractivity contribution in [2.24, 2.45) is 0 Å². The molecule has 0 aromatic heterocycles.